The summed E-state index contributed by atoms with van der Waals surface area (Å²) in [5.41, 5.74) is 5.43. The number of hydrogen-bond donors (Lipinski definition) is 6. The van der Waals surface area contributed by atoms with Crippen LogP contribution in [0.4, 0.5) is 5.95 Å². The number of rotatable bonds is 33. The van der Waals surface area contributed by atoms with Gasteiger partial charge in [0.2, 0.25) is 5.95 Å². The van der Waals surface area contributed by atoms with Crippen LogP contribution < -0.4 is 11.3 Å². The molecule has 0 aliphatic rings. The quantitative estimate of drug-likeness (QED) is 0.0377. The summed E-state index contributed by atoms with van der Waals surface area (Å²) in [6, 6.07) is 0. The number of aromatic nitrogens is 4. The Bertz CT molecular complexity index is 1180. The maximum Gasteiger partial charge on any atom is 0.303 e. The Labute approximate surface area is 324 Å². The van der Waals surface area contributed by atoms with Gasteiger partial charge in [-0.3, -0.25) is 23.9 Å². The molecule has 0 saturated heterocycles. The van der Waals surface area contributed by atoms with E-state index in [9.17, 15) is 14.4 Å². The van der Waals surface area contributed by atoms with Crippen molar-refractivity contribution in [2.75, 3.05) is 18.9 Å². The van der Waals surface area contributed by atoms with E-state index < -0.39 is 23.6 Å². The molecule has 13 heteroatoms. The number of H-pyrrole nitrogens is 1. The molecule has 0 radical (unpaired) electrons. The van der Waals surface area contributed by atoms with Gasteiger partial charge in [0.25, 0.3) is 5.56 Å². The second kappa shape index (κ2) is 36.9. The highest BCUT2D eigenvalue weighted by Crippen LogP contribution is 2.14. The number of carboxylic acids is 2. The number of aliphatic hydroxyl groups is 2. The number of carboxylic acid groups (broad SMARTS) is 2. The molecule has 0 atom stereocenters. The molecule has 2 rings (SSSR count). The van der Waals surface area contributed by atoms with Crippen molar-refractivity contribution in [2.45, 2.75) is 206 Å². The standard InChI is InChI=1S/2C16H32O2.C9H13N5O4/c2*1-2-3-4-5-6-7-8-9-10-11-12-13-14-15-16(17)18;10-9-12-7-6(8(17)13-9)11-3-14(7)4-18-5(1-15)2-16/h2*2-15H2,1H3,(H,17,18);3,5,15-16H,1-2,4H2,(H3,10,12,13,17). The smallest absolute Gasteiger partial charge is 0.303 e. The first-order valence-corrected chi connectivity index (χ1v) is 21.2. The highest BCUT2D eigenvalue weighted by atomic mass is 16.5. The van der Waals surface area contributed by atoms with Crippen LogP contribution in [0, 0.1) is 0 Å². The predicted octanol–water partition coefficient (Wildman–Crippen LogP) is 9.13. The zero-order chi connectivity index (χ0) is 40.1. The van der Waals surface area contributed by atoms with E-state index in [1.54, 1.807) is 0 Å². The Morgan fingerprint density at radius 1 is 0.667 bits per heavy atom. The second-order valence-corrected chi connectivity index (χ2v) is 14.4. The number of nitrogens with one attached hydrogen (secondary N) is 1. The molecule has 314 valence electrons. The van der Waals surface area contributed by atoms with Crippen LogP contribution in [-0.2, 0) is 21.1 Å². The van der Waals surface area contributed by atoms with E-state index in [0.717, 1.165) is 25.7 Å². The SMILES string of the molecule is CCCCCCCCCCCCCCCC(=O)O.CCCCCCCCCCCCCCCC(=O)O.Nc1nc2c(ncn2COC(CO)CO)c(=O)[nH]1. The van der Waals surface area contributed by atoms with Gasteiger partial charge >= 0.3 is 11.9 Å². The number of aliphatic hydroxyl groups excluding tert-OH is 2. The number of aromatic amines is 1. The van der Waals surface area contributed by atoms with Crippen LogP contribution in [-0.4, -0.2) is 71.2 Å². The van der Waals surface area contributed by atoms with Crippen LogP contribution >= 0.6 is 0 Å². The average molecular weight is 768 g/mol. The van der Waals surface area contributed by atoms with Gasteiger partial charge in [-0.15, -0.1) is 0 Å². The van der Waals surface area contributed by atoms with Crippen LogP contribution in [0.25, 0.3) is 11.2 Å². The van der Waals surface area contributed by atoms with Crippen molar-refractivity contribution >= 4 is 29.1 Å². The van der Waals surface area contributed by atoms with Gasteiger partial charge in [-0.2, -0.15) is 4.98 Å². The van der Waals surface area contributed by atoms with Crippen molar-refractivity contribution in [3.63, 3.8) is 0 Å². The summed E-state index contributed by atoms with van der Waals surface area (Å²) in [7, 11) is 0. The molecule has 7 N–H and O–H groups in total. The lowest BCUT2D eigenvalue weighted by atomic mass is 10.0. The summed E-state index contributed by atoms with van der Waals surface area (Å²) in [6.07, 6.45) is 35.2. The van der Waals surface area contributed by atoms with Crippen LogP contribution in [0.3, 0.4) is 0 Å². The van der Waals surface area contributed by atoms with E-state index in [2.05, 4.69) is 28.8 Å². The normalized spacial score (nSPS) is 11.0. The van der Waals surface area contributed by atoms with E-state index in [1.165, 1.54) is 152 Å². The van der Waals surface area contributed by atoms with Crippen molar-refractivity contribution in [2.24, 2.45) is 0 Å². The zero-order valence-electron chi connectivity index (χ0n) is 33.9. The van der Waals surface area contributed by atoms with Crippen LogP contribution in [0.2, 0.25) is 0 Å². The van der Waals surface area contributed by atoms with Crippen molar-refractivity contribution in [1.82, 2.24) is 19.5 Å². The van der Waals surface area contributed by atoms with Gasteiger partial charge in [0.1, 0.15) is 12.8 Å². The monoisotopic (exact) mass is 768 g/mol. The fraction of sp³-hybridized carbons (Fsp3) is 0.829. The van der Waals surface area contributed by atoms with Crippen molar-refractivity contribution < 1.29 is 34.8 Å². The van der Waals surface area contributed by atoms with Gasteiger partial charge in [0, 0.05) is 12.8 Å². The molecular formula is C41H77N5O8. The highest BCUT2D eigenvalue weighted by molar-refractivity contribution is 5.70. The molecule has 0 saturated carbocycles. The van der Waals surface area contributed by atoms with Crippen molar-refractivity contribution in [3.8, 4) is 0 Å². The Morgan fingerprint density at radius 2 is 1.02 bits per heavy atom. The van der Waals surface area contributed by atoms with Crippen molar-refractivity contribution in [3.05, 3.63) is 16.7 Å². The van der Waals surface area contributed by atoms with Crippen LogP contribution in [0.1, 0.15) is 194 Å². The molecule has 0 amide bonds. The summed E-state index contributed by atoms with van der Waals surface area (Å²) in [5, 5.41) is 34.7. The summed E-state index contributed by atoms with van der Waals surface area (Å²) in [5.74, 6) is -1.33. The average Bonchev–Trinajstić information content (AvgIpc) is 3.56. The van der Waals surface area contributed by atoms with Gasteiger partial charge in [-0.25, -0.2) is 4.98 Å². The number of ether oxygens (including phenoxy) is 1. The Kier molecular flexibility index (Phi) is 34.8. The highest BCUT2D eigenvalue weighted by Gasteiger charge is 2.11. The largest absolute Gasteiger partial charge is 0.481 e. The van der Waals surface area contributed by atoms with Gasteiger partial charge in [-0.05, 0) is 12.8 Å². The molecule has 2 aromatic rings. The van der Waals surface area contributed by atoms with E-state index in [0.29, 0.717) is 12.8 Å². The van der Waals surface area contributed by atoms with Crippen LogP contribution in [0.5, 0.6) is 0 Å². The van der Waals surface area contributed by atoms with Crippen LogP contribution in [0.15, 0.2) is 11.1 Å². The number of anilines is 1. The molecule has 0 fully saturated rings. The molecule has 54 heavy (non-hydrogen) atoms. The fourth-order valence-electron chi connectivity index (χ4n) is 6.00. The third kappa shape index (κ3) is 30.3. The first-order chi connectivity index (χ1) is 26.2. The molecule has 0 bridgehead atoms. The lowest BCUT2D eigenvalue weighted by Crippen LogP contribution is -2.23. The number of nitrogens with zero attached hydrogens (tertiary/aromatic N) is 3. The molecule has 2 heterocycles. The predicted molar refractivity (Wildman–Crippen MR) is 218 cm³/mol. The first kappa shape index (κ1) is 51.0. The van der Waals surface area contributed by atoms with Gasteiger partial charge in [0.15, 0.2) is 11.2 Å². The van der Waals surface area contributed by atoms with E-state index >= 15 is 0 Å². The molecule has 0 spiro atoms. The third-order valence-electron chi connectivity index (χ3n) is 9.34. The number of hydrogen-bond acceptors (Lipinski definition) is 9. The fourth-order valence-corrected chi connectivity index (χ4v) is 6.00. The van der Waals surface area contributed by atoms with E-state index in [1.807, 2.05) is 0 Å². The number of carbonyl (C=O) groups is 2. The van der Waals surface area contributed by atoms with Crippen molar-refractivity contribution in [1.29, 1.82) is 0 Å². The topological polar surface area (TPSA) is 214 Å². The Balaban J connectivity index is 0.000000780. The maximum absolute atomic E-state index is 11.5. The Hall–Kier alpha value is -3.03. The number of nitrogen functional groups attached to an aromatic ring is 1. The van der Waals surface area contributed by atoms with E-state index in [-0.39, 0.29) is 37.1 Å². The Morgan fingerprint density at radius 3 is 1.35 bits per heavy atom. The number of unbranched alkanes of at least 4 members (excludes halogenated alkanes) is 24. The molecule has 0 aromatic carbocycles. The second-order valence-electron chi connectivity index (χ2n) is 14.4. The number of aliphatic carboxylic acids is 2. The first-order valence-electron chi connectivity index (χ1n) is 21.2. The summed E-state index contributed by atoms with van der Waals surface area (Å²) in [4.78, 5) is 42.2. The van der Waals surface area contributed by atoms with Gasteiger partial charge < -0.3 is 30.9 Å². The minimum Gasteiger partial charge on any atom is -0.481 e. The minimum atomic E-state index is -0.693. The van der Waals surface area contributed by atoms with Gasteiger partial charge in [-0.1, -0.05) is 168 Å². The number of fused-ring (bicyclic) bond motifs is 1. The molecule has 2 aromatic heterocycles. The molecule has 0 unspecified atom stereocenters. The lowest BCUT2D eigenvalue weighted by molar-refractivity contribution is -0.138. The summed E-state index contributed by atoms with van der Waals surface area (Å²) in [6.45, 7) is 3.91. The maximum atomic E-state index is 11.5. The molecule has 13 nitrogen and oxygen atoms in total. The van der Waals surface area contributed by atoms with Gasteiger partial charge in [0.05, 0.1) is 19.5 Å². The molecule has 0 aliphatic carbocycles. The number of nitrogens with two attached hydrogens (primary N) is 1. The summed E-state index contributed by atoms with van der Waals surface area (Å²) >= 11 is 0. The summed E-state index contributed by atoms with van der Waals surface area (Å²) < 4.78 is 6.66. The third-order valence-corrected chi connectivity index (χ3v) is 9.34. The van der Waals surface area contributed by atoms with E-state index in [4.69, 9.17) is 30.9 Å². The molecule has 0 aliphatic heterocycles. The number of imidazole rings is 1. The minimum absolute atomic E-state index is 0.00181. The lowest BCUT2D eigenvalue weighted by Gasteiger charge is -2.12. The zero-order valence-corrected chi connectivity index (χ0v) is 33.9. The molecular weight excluding hydrogens is 690 g/mol.